The first kappa shape index (κ1) is 33.8. The largest absolute Gasteiger partial charge is 0.484 e. The summed E-state index contributed by atoms with van der Waals surface area (Å²) in [6.45, 7) is 8.66. The van der Waals surface area contributed by atoms with E-state index in [1.165, 1.54) is 12.2 Å². The zero-order chi connectivity index (χ0) is 30.6. The molecule has 0 aromatic heterocycles. The number of allylic oxidation sites excluding steroid dienone is 2. The lowest BCUT2D eigenvalue weighted by molar-refractivity contribution is -0.154. The molecule has 0 amide bonds. The fourth-order valence-electron chi connectivity index (χ4n) is 4.94. The maximum absolute atomic E-state index is 11.8. The monoisotopic (exact) mass is 588 g/mol. The van der Waals surface area contributed by atoms with E-state index in [4.69, 9.17) is 28.4 Å². The molecule has 2 saturated heterocycles. The summed E-state index contributed by atoms with van der Waals surface area (Å²) in [5, 5.41) is 19.8. The van der Waals surface area contributed by atoms with Crippen LogP contribution in [-0.2, 0) is 38.0 Å². The quantitative estimate of drug-likeness (QED) is 0.408. The van der Waals surface area contributed by atoms with Crippen LogP contribution in [0.25, 0.3) is 0 Å². The SMILES string of the molecule is CC1=CC(=O)[C@@](C)(C[C@@H](O)C#CCOC2CCCCO2)O1.CC1=CC(=O)[C@@](C)(C[C@H](O)C#CCOC2CCCCO2)O1. The third-order valence-corrected chi connectivity index (χ3v) is 7.15. The van der Waals surface area contributed by atoms with E-state index >= 15 is 0 Å². The lowest BCUT2D eigenvalue weighted by Crippen LogP contribution is -2.36. The van der Waals surface area contributed by atoms with Crippen LogP contribution in [0.1, 0.15) is 79.1 Å². The van der Waals surface area contributed by atoms with Gasteiger partial charge in [0.15, 0.2) is 23.8 Å². The molecule has 42 heavy (non-hydrogen) atoms. The molecule has 4 aliphatic rings. The van der Waals surface area contributed by atoms with Gasteiger partial charge in [-0.3, -0.25) is 9.59 Å². The van der Waals surface area contributed by atoms with E-state index in [1.54, 1.807) is 27.7 Å². The van der Waals surface area contributed by atoms with Gasteiger partial charge in [0.1, 0.15) is 25.4 Å². The minimum absolute atomic E-state index is 0.132. The Morgan fingerprint density at radius 3 is 1.50 bits per heavy atom. The van der Waals surface area contributed by atoms with Crippen LogP contribution in [0.5, 0.6) is 0 Å². The highest BCUT2D eigenvalue weighted by atomic mass is 16.7. The third-order valence-electron chi connectivity index (χ3n) is 7.15. The molecular weight excluding hydrogens is 544 g/mol. The van der Waals surface area contributed by atoms with Crippen molar-refractivity contribution in [3.05, 3.63) is 23.7 Å². The molecule has 0 aromatic rings. The van der Waals surface area contributed by atoms with Gasteiger partial charge in [-0.05, 0) is 66.2 Å². The van der Waals surface area contributed by atoms with E-state index in [2.05, 4.69) is 23.7 Å². The summed E-state index contributed by atoms with van der Waals surface area (Å²) in [6.07, 6.45) is 7.09. The van der Waals surface area contributed by atoms with E-state index in [9.17, 15) is 19.8 Å². The van der Waals surface area contributed by atoms with Gasteiger partial charge in [-0.2, -0.15) is 0 Å². The summed E-state index contributed by atoms with van der Waals surface area (Å²) in [6, 6.07) is 0. The van der Waals surface area contributed by atoms with E-state index in [0.29, 0.717) is 11.5 Å². The first-order valence-electron chi connectivity index (χ1n) is 14.6. The molecule has 0 radical (unpaired) electrons. The van der Waals surface area contributed by atoms with Crippen molar-refractivity contribution in [2.24, 2.45) is 0 Å². The Kier molecular flexibility index (Phi) is 13.1. The van der Waals surface area contributed by atoms with Crippen molar-refractivity contribution in [1.82, 2.24) is 0 Å². The summed E-state index contributed by atoms with van der Waals surface area (Å²) >= 11 is 0. The summed E-state index contributed by atoms with van der Waals surface area (Å²) in [5.41, 5.74) is -2.02. The fourth-order valence-corrected chi connectivity index (χ4v) is 4.94. The molecule has 4 aliphatic heterocycles. The second-order valence-corrected chi connectivity index (χ2v) is 11.2. The number of ketones is 2. The molecular formula is C32H44O10. The lowest BCUT2D eigenvalue weighted by atomic mass is 9.94. The topological polar surface area (TPSA) is 130 Å². The van der Waals surface area contributed by atoms with Crippen LogP contribution in [0.2, 0.25) is 0 Å². The van der Waals surface area contributed by atoms with Gasteiger partial charge in [0.25, 0.3) is 0 Å². The number of hydrogen-bond acceptors (Lipinski definition) is 10. The smallest absolute Gasteiger partial charge is 0.202 e. The lowest BCUT2D eigenvalue weighted by Gasteiger charge is -2.24. The van der Waals surface area contributed by atoms with Crippen molar-refractivity contribution >= 4 is 11.6 Å². The van der Waals surface area contributed by atoms with Gasteiger partial charge in [0.05, 0.1) is 11.5 Å². The molecule has 2 fully saturated rings. The number of carbonyl (C=O) groups is 2. The van der Waals surface area contributed by atoms with Gasteiger partial charge in [-0.15, -0.1) is 0 Å². The molecule has 0 aromatic carbocycles. The zero-order valence-corrected chi connectivity index (χ0v) is 25.1. The van der Waals surface area contributed by atoms with E-state index in [-0.39, 0.29) is 50.2 Å². The van der Waals surface area contributed by atoms with Crippen LogP contribution < -0.4 is 0 Å². The highest BCUT2D eigenvalue weighted by molar-refractivity contribution is 5.99. The maximum atomic E-state index is 11.8. The summed E-state index contributed by atoms with van der Waals surface area (Å²) < 4.78 is 32.7. The van der Waals surface area contributed by atoms with Crippen LogP contribution in [0.4, 0.5) is 0 Å². The average molecular weight is 589 g/mol. The van der Waals surface area contributed by atoms with Crippen molar-refractivity contribution in [3.63, 3.8) is 0 Å². The molecule has 2 unspecified atom stereocenters. The van der Waals surface area contributed by atoms with Crippen molar-refractivity contribution in [3.8, 4) is 23.7 Å². The van der Waals surface area contributed by atoms with Crippen molar-refractivity contribution < 1.29 is 48.2 Å². The minimum atomic E-state index is -1.01. The molecule has 10 heteroatoms. The van der Waals surface area contributed by atoms with E-state index in [0.717, 1.165) is 51.7 Å². The Labute approximate surface area is 248 Å². The zero-order valence-electron chi connectivity index (χ0n) is 25.1. The number of rotatable bonds is 8. The van der Waals surface area contributed by atoms with Crippen LogP contribution in [-0.4, -0.2) is 84.2 Å². The Bertz CT molecular complexity index is 1020. The second kappa shape index (κ2) is 16.2. The van der Waals surface area contributed by atoms with Crippen LogP contribution >= 0.6 is 0 Å². The highest BCUT2D eigenvalue weighted by Gasteiger charge is 2.41. The first-order chi connectivity index (χ1) is 20.0. The number of carbonyl (C=O) groups excluding carboxylic acids is 2. The van der Waals surface area contributed by atoms with Crippen molar-refractivity contribution in [2.75, 3.05) is 26.4 Å². The van der Waals surface area contributed by atoms with Crippen LogP contribution in [0.15, 0.2) is 23.7 Å². The third kappa shape index (κ3) is 10.9. The van der Waals surface area contributed by atoms with Gasteiger partial charge in [-0.1, -0.05) is 23.7 Å². The maximum Gasteiger partial charge on any atom is 0.202 e. The number of hydrogen-bond donors (Lipinski definition) is 2. The first-order valence-corrected chi connectivity index (χ1v) is 14.6. The Hall–Kier alpha value is -2.70. The predicted molar refractivity (Wildman–Crippen MR) is 152 cm³/mol. The summed E-state index contributed by atoms with van der Waals surface area (Å²) in [5.74, 6) is 11.8. The molecule has 0 bridgehead atoms. The second-order valence-electron chi connectivity index (χ2n) is 11.2. The Balaban J connectivity index is 0.000000230. The Morgan fingerprint density at radius 1 is 0.786 bits per heavy atom. The normalized spacial score (nSPS) is 30.1. The van der Waals surface area contributed by atoms with E-state index < -0.39 is 23.4 Å². The van der Waals surface area contributed by atoms with Gasteiger partial charge in [0, 0.05) is 38.2 Å². The molecule has 232 valence electrons. The Morgan fingerprint density at radius 2 is 1.19 bits per heavy atom. The number of ether oxygens (including phenoxy) is 6. The standard InChI is InChI=1S/2C16H22O5/c2*1-12-10-14(18)16(2,21-12)11-13(17)6-5-9-20-15-7-3-4-8-19-15/h2*10,13,15,17H,3-4,7-9,11H2,1-2H3/t13-,15?,16+;13-,15?,16-/m01/s1. The molecule has 2 N–H and O–H groups in total. The summed E-state index contributed by atoms with van der Waals surface area (Å²) in [4.78, 5) is 23.6. The fraction of sp³-hybridized carbons (Fsp3) is 0.688. The number of aliphatic hydroxyl groups is 2. The molecule has 0 saturated carbocycles. The highest BCUT2D eigenvalue weighted by Crippen LogP contribution is 2.30. The van der Waals surface area contributed by atoms with Crippen molar-refractivity contribution in [2.45, 2.75) is 115 Å². The van der Waals surface area contributed by atoms with Crippen molar-refractivity contribution in [1.29, 1.82) is 0 Å². The van der Waals surface area contributed by atoms with Crippen LogP contribution in [0.3, 0.4) is 0 Å². The van der Waals surface area contributed by atoms with E-state index in [1.807, 2.05) is 0 Å². The molecule has 0 spiro atoms. The molecule has 10 nitrogen and oxygen atoms in total. The van der Waals surface area contributed by atoms with Gasteiger partial charge in [-0.25, -0.2) is 0 Å². The molecule has 0 aliphatic carbocycles. The minimum Gasteiger partial charge on any atom is -0.484 e. The van der Waals surface area contributed by atoms with Gasteiger partial charge < -0.3 is 38.6 Å². The molecule has 4 rings (SSSR count). The van der Waals surface area contributed by atoms with Gasteiger partial charge >= 0.3 is 0 Å². The van der Waals surface area contributed by atoms with Gasteiger partial charge in [0.2, 0.25) is 11.6 Å². The van der Waals surface area contributed by atoms with Crippen LogP contribution in [0, 0.1) is 23.7 Å². The molecule has 4 heterocycles. The predicted octanol–water partition coefficient (Wildman–Crippen LogP) is 3.09. The molecule has 6 atom stereocenters. The number of aliphatic hydroxyl groups excluding tert-OH is 2. The average Bonchev–Trinajstić information content (AvgIpc) is 3.35. The summed E-state index contributed by atoms with van der Waals surface area (Å²) in [7, 11) is 0.